The average Bonchev–Trinajstić information content (AvgIpc) is 3.13. The maximum Gasteiger partial charge on any atom is 0.246 e. The summed E-state index contributed by atoms with van der Waals surface area (Å²) in [5, 5.41) is 47.1. The van der Waals surface area contributed by atoms with Crippen LogP contribution in [0.25, 0.3) is 0 Å². The van der Waals surface area contributed by atoms with Gasteiger partial charge in [0, 0.05) is 116 Å². The van der Waals surface area contributed by atoms with Gasteiger partial charge in [-0.15, -0.1) is 0 Å². The zero-order valence-electron chi connectivity index (χ0n) is 32.5. The third kappa shape index (κ3) is 29.1. The van der Waals surface area contributed by atoms with E-state index in [1.807, 2.05) is 24.3 Å². The van der Waals surface area contributed by atoms with E-state index >= 15 is 0 Å². The van der Waals surface area contributed by atoms with Gasteiger partial charge in [-0.3, -0.25) is 39.6 Å². The molecule has 0 bridgehead atoms. The van der Waals surface area contributed by atoms with Gasteiger partial charge in [-0.2, -0.15) is 0 Å². The Morgan fingerprint density at radius 2 is 1.00 bits per heavy atom. The Hall–Kier alpha value is -3.17. The Morgan fingerprint density at radius 1 is 0.571 bits per heavy atom. The Labute approximate surface area is 359 Å². The van der Waals surface area contributed by atoms with E-state index in [1.54, 1.807) is 7.05 Å². The molecule has 0 atom stereocenters. The summed E-state index contributed by atoms with van der Waals surface area (Å²) < 4.78 is 0. The first kappa shape index (κ1) is 57.2. The molecule has 1 aromatic rings. The van der Waals surface area contributed by atoms with Crippen LogP contribution in [0.5, 0.6) is 0 Å². The first-order chi connectivity index (χ1) is 25.3. The number of carbonyl (C=O) groups excluding carboxylic acids is 5. The molecule has 12 N–H and O–H groups in total. The van der Waals surface area contributed by atoms with Crippen LogP contribution in [-0.2, 0) is 50.2 Å². The normalized spacial score (nSPS) is 9.95. The molecule has 0 aliphatic carbocycles. The number of nitrogens with one attached hydrogen (secondary N) is 5. The summed E-state index contributed by atoms with van der Waals surface area (Å²) >= 11 is 10.4. The van der Waals surface area contributed by atoms with Crippen molar-refractivity contribution in [1.82, 2.24) is 31.1 Å². The third-order valence-corrected chi connectivity index (χ3v) is 8.58. The fourth-order valence-electron chi connectivity index (χ4n) is 4.84. The van der Waals surface area contributed by atoms with Crippen molar-refractivity contribution in [1.29, 1.82) is 0 Å². The van der Waals surface area contributed by atoms with Gasteiger partial charge in [0.1, 0.15) is 5.78 Å². The summed E-state index contributed by atoms with van der Waals surface area (Å²) in [5.74, 6) is -1.81. The van der Waals surface area contributed by atoms with Crippen LogP contribution in [0.4, 0.5) is 11.4 Å². The maximum absolute atomic E-state index is 12.2. The Kier molecular flexibility index (Phi) is 35.8. The number of ketones is 1. The number of hydrogen-bond donors (Lipinski definition) is 8. The van der Waals surface area contributed by atoms with Crippen molar-refractivity contribution < 1.29 is 76.8 Å². The molecule has 21 heteroatoms. The van der Waals surface area contributed by atoms with Crippen molar-refractivity contribution in [2.45, 2.75) is 103 Å². The smallest absolute Gasteiger partial charge is 0.246 e. The van der Waals surface area contributed by atoms with Crippen LogP contribution in [0.2, 0.25) is 0 Å². The summed E-state index contributed by atoms with van der Waals surface area (Å²) in [6.07, 6.45) is 6.92. The van der Waals surface area contributed by atoms with Gasteiger partial charge in [0.25, 0.3) is 0 Å². The number of hydroxylamine groups is 6. The second-order valence-corrected chi connectivity index (χ2v) is 13.3. The summed E-state index contributed by atoms with van der Waals surface area (Å²) in [6.45, 7) is 2.83. The van der Waals surface area contributed by atoms with Gasteiger partial charge in [-0.25, -0.2) is 15.2 Å². The first-order valence-electron chi connectivity index (χ1n) is 18.2. The number of nitrogens with zero attached hydrogens (tertiary/aromatic N) is 3. The van der Waals surface area contributed by atoms with Gasteiger partial charge in [0.2, 0.25) is 23.6 Å². The van der Waals surface area contributed by atoms with Gasteiger partial charge in [-0.05, 0) is 100 Å². The number of carbonyl (C=O) groups is 5. The van der Waals surface area contributed by atoms with Crippen LogP contribution >= 0.6 is 24.4 Å². The van der Waals surface area contributed by atoms with E-state index in [9.17, 15) is 39.6 Å². The van der Waals surface area contributed by atoms with E-state index in [-0.39, 0.29) is 94.2 Å². The van der Waals surface area contributed by atoms with Crippen molar-refractivity contribution in [3.8, 4) is 0 Å². The SMILES string of the molecule is CNC(=S)Nc1ccc(NC(=S)NCCCCCN(O)C(=O)CCC(=O)NCCCCCN(O)C(=O)CCC(=O)CCCCCCN(O)C(C)=O)cc1.O.O.[Zr]. The monoisotopic (exact) mass is 908 g/mol. The average molecular weight is 910 g/mol. The number of Topliss-reactive ketones (excluding diaryl/α,β-unsaturated/α-hetero) is 1. The number of unbranched alkanes of at least 4 members (excludes halogenated alkanes) is 7. The molecular formula is C35H62N8O10S2Zr. The second kappa shape index (κ2) is 35.0. The molecule has 0 radical (unpaired) electrons. The largest absolute Gasteiger partial charge is 0.412 e. The molecule has 4 amide bonds. The predicted molar refractivity (Wildman–Crippen MR) is 217 cm³/mol. The summed E-state index contributed by atoms with van der Waals surface area (Å²) in [4.78, 5) is 59.4. The fraction of sp³-hybridized carbons (Fsp3) is 0.629. The van der Waals surface area contributed by atoms with E-state index in [0.29, 0.717) is 83.4 Å². The molecule has 0 aliphatic heterocycles. The van der Waals surface area contributed by atoms with Crippen LogP contribution in [0.3, 0.4) is 0 Å². The molecule has 0 saturated carbocycles. The third-order valence-electron chi connectivity index (χ3n) is 8.03. The molecule has 1 rings (SSSR count). The zero-order valence-corrected chi connectivity index (χ0v) is 36.6. The number of hydrogen-bond acceptors (Lipinski definition) is 10. The Bertz CT molecular complexity index is 1320. The molecule has 56 heavy (non-hydrogen) atoms. The quantitative estimate of drug-likeness (QED) is 0.0273. The fourth-order valence-corrected chi connectivity index (χ4v) is 5.18. The maximum atomic E-state index is 12.2. The topological polar surface area (TPSA) is 279 Å². The molecule has 0 heterocycles. The van der Waals surface area contributed by atoms with Crippen LogP contribution in [0, 0.1) is 0 Å². The van der Waals surface area contributed by atoms with Gasteiger partial charge < -0.3 is 37.5 Å². The number of thiocarbonyl (C=S) groups is 2. The molecule has 0 saturated heterocycles. The molecule has 1 aromatic carbocycles. The van der Waals surface area contributed by atoms with Crippen molar-refractivity contribution in [2.75, 3.05) is 50.4 Å². The van der Waals surface area contributed by atoms with Gasteiger partial charge >= 0.3 is 0 Å². The molecule has 0 aromatic heterocycles. The van der Waals surface area contributed by atoms with Gasteiger partial charge in [0.15, 0.2) is 10.2 Å². The van der Waals surface area contributed by atoms with Crippen LogP contribution in [-0.4, -0.2) is 121 Å². The van der Waals surface area contributed by atoms with Crippen molar-refractivity contribution in [3.63, 3.8) is 0 Å². The second-order valence-electron chi connectivity index (χ2n) is 12.5. The van der Waals surface area contributed by atoms with Gasteiger partial charge in [-0.1, -0.05) is 12.8 Å². The van der Waals surface area contributed by atoms with Gasteiger partial charge in [0.05, 0.1) is 0 Å². The molecular weight excluding hydrogens is 848 g/mol. The molecule has 0 unspecified atom stereocenters. The summed E-state index contributed by atoms with van der Waals surface area (Å²) in [7, 11) is 1.74. The minimum atomic E-state index is -0.524. The predicted octanol–water partition coefficient (Wildman–Crippen LogP) is 2.45. The van der Waals surface area contributed by atoms with E-state index in [2.05, 4.69) is 26.6 Å². The van der Waals surface area contributed by atoms with Crippen molar-refractivity contribution >= 4 is 75.4 Å². The Balaban J connectivity index is -0.00000936. The minimum Gasteiger partial charge on any atom is -0.412 e. The number of benzene rings is 1. The van der Waals surface area contributed by atoms with E-state index < -0.39 is 17.7 Å². The van der Waals surface area contributed by atoms with E-state index in [1.165, 1.54) is 6.92 Å². The number of rotatable bonds is 27. The first-order valence-corrected chi connectivity index (χ1v) is 19.0. The van der Waals surface area contributed by atoms with Crippen LogP contribution in [0.1, 0.15) is 103 Å². The standard InChI is InChI=1S/C35H58N8O8S2.2H2O.Zr/c1-27(44)41(49)24-10-4-3-7-13-30(45)18-20-32(47)42(50)25-11-5-8-22-37-31(46)19-21-33(48)43(51)26-12-6-9-23-38-35(53)40-29-16-14-28(15-17-29)39-34(52)36-2;;;/h14-17,49-51H,3-13,18-26H2,1-2H3,(H,37,46)(H2,36,39,52)(H2,38,40,53);2*1H2;. The van der Waals surface area contributed by atoms with Crippen LogP contribution < -0.4 is 26.6 Å². The molecule has 318 valence electrons. The van der Waals surface area contributed by atoms with Crippen molar-refractivity contribution in [2.24, 2.45) is 0 Å². The minimum absolute atomic E-state index is 0. The zero-order chi connectivity index (χ0) is 39.4. The summed E-state index contributed by atoms with van der Waals surface area (Å²) in [6, 6.07) is 7.51. The van der Waals surface area contributed by atoms with Crippen molar-refractivity contribution in [3.05, 3.63) is 24.3 Å². The molecule has 0 spiro atoms. The van der Waals surface area contributed by atoms with Crippen LogP contribution in [0.15, 0.2) is 24.3 Å². The number of anilines is 2. The Morgan fingerprint density at radius 3 is 1.50 bits per heavy atom. The van der Waals surface area contributed by atoms with E-state index in [4.69, 9.17) is 24.4 Å². The summed E-state index contributed by atoms with van der Waals surface area (Å²) in [5.41, 5.74) is 1.68. The molecule has 0 aliphatic rings. The number of amides is 4. The molecule has 18 nitrogen and oxygen atoms in total. The molecule has 0 fully saturated rings. The van der Waals surface area contributed by atoms with E-state index in [0.717, 1.165) is 37.1 Å².